The highest BCUT2D eigenvalue weighted by atomic mass is 35.5. The minimum Gasteiger partial charge on any atom is -0.453 e. The second-order valence-corrected chi connectivity index (χ2v) is 14.5. The second-order valence-electron chi connectivity index (χ2n) is 12.2. The maximum Gasteiger partial charge on any atom is 0.411 e. The van der Waals surface area contributed by atoms with E-state index < -0.39 is 16.1 Å². The van der Waals surface area contributed by atoms with Gasteiger partial charge in [-0.3, -0.25) is 10.1 Å². The van der Waals surface area contributed by atoms with Crippen molar-refractivity contribution in [3.63, 3.8) is 0 Å². The zero-order valence-electron chi connectivity index (χ0n) is 24.4. The largest absolute Gasteiger partial charge is 0.453 e. The smallest absolute Gasteiger partial charge is 0.411 e. The summed E-state index contributed by atoms with van der Waals surface area (Å²) in [5.41, 5.74) is 9.24. The Morgan fingerprint density at radius 3 is 2.33 bits per heavy atom. The molecule has 10 nitrogen and oxygen atoms in total. The molecule has 0 radical (unpaired) electrons. The molecule has 12 heteroatoms. The lowest BCUT2D eigenvalue weighted by atomic mass is 9.81. The summed E-state index contributed by atoms with van der Waals surface area (Å²) in [6.45, 7) is 2.40. The lowest BCUT2D eigenvalue weighted by Gasteiger charge is -2.34. The Labute approximate surface area is 253 Å². The first-order chi connectivity index (χ1) is 20.1. The van der Waals surface area contributed by atoms with Crippen LogP contribution in [0.25, 0.3) is 5.57 Å². The van der Waals surface area contributed by atoms with Crippen molar-refractivity contribution in [1.29, 1.82) is 0 Å². The first-order valence-corrected chi connectivity index (χ1v) is 17.2. The molecule has 42 heavy (non-hydrogen) atoms. The monoisotopic (exact) mass is 619 g/mol. The van der Waals surface area contributed by atoms with Crippen molar-refractivity contribution < 1.29 is 22.7 Å². The summed E-state index contributed by atoms with van der Waals surface area (Å²) >= 11 is 6.71. The molecule has 0 bridgehead atoms. The molecule has 1 saturated carbocycles. The number of nitrogens with zero attached hydrogens (tertiary/aromatic N) is 3. The summed E-state index contributed by atoms with van der Waals surface area (Å²) in [5, 5.41) is 3.08. The van der Waals surface area contributed by atoms with Crippen LogP contribution in [0.15, 0.2) is 34.4 Å². The molecule has 2 amide bonds. The average Bonchev–Trinajstić information content (AvgIpc) is 3.61. The van der Waals surface area contributed by atoms with Crippen LogP contribution in [-0.4, -0.2) is 80.9 Å². The van der Waals surface area contributed by atoms with E-state index in [0.717, 1.165) is 61.8 Å². The van der Waals surface area contributed by atoms with Gasteiger partial charge < -0.3 is 15.4 Å². The normalized spacial score (nSPS) is 27.7. The summed E-state index contributed by atoms with van der Waals surface area (Å²) in [4.78, 5) is 32.4. The molecule has 3 heterocycles. The van der Waals surface area contributed by atoms with Crippen molar-refractivity contribution in [1.82, 2.24) is 9.21 Å². The van der Waals surface area contributed by atoms with Crippen LogP contribution in [0, 0.1) is 23.7 Å². The van der Waals surface area contributed by atoms with Gasteiger partial charge in [-0.25, -0.2) is 22.5 Å². The van der Waals surface area contributed by atoms with Crippen molar-refractivity contribution in [3.8, 4) is 0 Å². The van der Waals surface area contributed by atoms with E-state index in [-0.39, 0.29) is 23.8 Å². The van der Waals surface area contributed by atoms with Gasteiger partial charge in [0.2, 0.25) is 15.9 Å². The lowest BCUT2D eigenvalue weighted by Crippen LogP contribution is -2.44. The Morgan fingerprint density at radius 1 is 1.07 bits per heavy atom. The average molecular weight is 620 g/mol. The van der Waals surface area contributed by atoms with Gasteiger partial charge >= 0.3 is 6.09 Å². The van der Waals surface area contributed by atoms with Crippen LogP contribution in [0.3, 0.4) is 0 Å². The number of hydrogen-bond acceptors (Lipinski definition) is 7. The van der Waals surface area contributed by atoms with Gasteiger partial charge in [0.25, 0.3) is 0 Å². The van der Waals surface area contributed by atoms with Crippen molar-refractivity contribution in [2.75, 3.05) is 44.9 Å². The Balaban J connectivity index is 1.31. The summed E-state index contributed by atoms with van der Waals surface area (Å²) in [6, 6.07) is 7.25. The van der Waals surface area contributed by atoms with E-state index in [0.29, 0.717) is 55.3 Å². The Kier molecular flexibility index (Phi) is 9.61. The highest BCUT2D eigenvalue weighted by Crippen LogP contribution is 2.42. The molecule has 0 spiro atoms. The molecule has 3 N–H and O–H groups in total. The number of halogens is 1. The Hall–Kier alpha value is -2.47. The molecule has 1 aliphatic carbocycles. The molecule has 0 aromatic heterocycles. The third-order valence-corrected chi connectivity index (χ3v) is 11.3. The van der Waals surface area contributed by atoms with Gasteiger partial charge in [-0.15, -0.1) is 0 Å². The van der Waals surface area contributed by atoms with Crippen molar-refractivity contribution in [2.24, 2.45) is 34.4 Å². The van der Waals surface area contributed by atoms with Crippen molar-refractivity contribution in [2.45, 2.75) is 57.4 Å². The number of nitrogens with one attached hydrogen (secondary N) is 1. The molecular formula is C30H42ClN5O5S. The first kappa shape index (κ1) is 31.0. The van der Waals surface area contributed by atoms with E-state index in [2.05, 4.69) is 15.0 Å². The van der Waals surface area contributed by atoms with Gasteiger partial charge in [0.1, 0.15) is 5.16 Å². The molecule has 0 unspecified atom stereocenters. The number of hydrogen-bond donors (Lipinski definition) is 2. The molecule has 1 aromatic carbocycles. The number of allylic oxidation sites excluding steroid dienone is 1. The third-order valence-electron chi connectivity index (χ3n) is 9.68. The number of piperidine rings is 1. The van der Waals surface area contributed by atoms with E-state index in [1.807, 2.05) is 12.1 Å². The third kappa shape index (κ3) is 6.85. The zero-order chi connectivity index (χ0) is 30.0. The van der Waals surface area contributed by atoms with Gasteiger partial charge in [-0.2, -0.15) is 0 Å². The number of rotatable bonds is 7. The number of aliphatic imine (C=N–C) groups is 1. The van der Waals surface area contributed by atoms with Gasteiger partial charge in [0.15, 0.2) is 0 Å². The second kappa shape index (κ2) is 13.0. The molecular weight excluding hydrogens is 578 g/mol. The molecule has 5 rings (SSSR count). The summed E-state index contributed by atoms with van der Waals surface area (Å²) in [5.74, 6) is 1.35. The molecule has 4 aliphatic rings. The zero-order valence-corrected chi connectivity index (χ0v) is 26.0. The Bertz CT molecular complexity index is 1330. The molecule has 2 saturated heterocycles. The van der Waals surface area contributed by atoms with Gasteiger partial charge in [0.05, 0.1) is 19.4 Å². The van der Waals surface area contributed by atoms with Crippen LogP contribution < -0.4 is 11.1 Å². The van der Waals surface area contributed by atoms with Crippen molar-refractivity contribution in [3.05, 3.63) is 35.0 Å². The number of amides is 2. The number of sulfonamides is 1. The predicted molar refractivity (Wildman–Crippen MR) is 165 cm³/mol. The maximum atomic E-state index is 14.0. The van der Waals surface area contributed by atoms with Crippen LogP contribution >= 0.6 is 11.6 Å². The first-order valence-electron chi connectivity index (χ1n) is 14.9. The van der Waals surface area contributed by atoms with Crippen LogP contribution in [0.5, 0.6) is 0 Å². The van der Waals surface area contributed by atoms with Crippen LogP contribution in [0.1, 0.15) is 56.9 Å². The molecule has 3 fully saturated rings. The van der Waals surface area contributed by atoms with Crippen molar-refractivity contribution >= 4 is 50.6 Å². The fourth-order valence-corrected chi connectivity index (χ4v) is 8.31. The highest BCUT2D eigenvalue weighted by molar-refractivity contribution is 7.88. The SMILES string of the molecule is COC(=O)Nc1ccc(C2=C(Cl)N=C([C@@H]3C[C@H](C4CCN(S(C)(=O)=O)CC4)CN3C(=O)C3CCC(CN)CC3)C2)cc1. The van der Waals surface area contributed by atoms with Crippen LogP contribution in [0.4, 0.5) is 10.5 Å². The molecule has 1 aromatic rings. The number of nitrogens with two attached hydrogens (primary N) is 1. The number of ether oxygens (including phenoxy) is 1. The minimum absolute atomic E-state index is 0.000825. The molecule has 3 aliphatic heterocycles. The van der Waals surface area contributed by atoms with Crippen LogP contribution in [-0.2, 0) is 19.6 Å². The number of carbonyl (C=O) groups excluding carboxylic acids is 2. The minimum atomic E-state index is -3.20. The lowest BCUT2D eigenvalue weighted by molar-refractivity contribution is -0.136. The summed E-state index contributed by atoms with van der Waals surface area (Å²) in [6.07, 6.45) is 7.40. The maximum absolute atomic E-state index is 14.0. The fourth-order valence-electron chi connectivity index (χ4n) is 7.15. The number of carbonyl (C=O) groups is 2. The van der Waals surface area contributed by atoms with E-state index in [1.165, 1.54) is 13.4 Å². The number of methoxy groups -OCH3 is 1. The van der Waals surface area contributed by atoms with E-state index in [9.17, 15) is 18.0 Å². The van der Waals surface area contributed by atoms with E-state index >= 15 is 0 Å². The predicted octanol–water partition coefficient (Wildman–Crippen LogP) is 4.27. The number of anilines is 1. The quantitative estimate of drug-likeness (QED) is 0.438. The fraction of sp³-hybridized carbons (Fsp3) is 0.633. The van der Waals surface area contributed by atoms with Crippen LogP contribution in [0.2, 0.25) is 0 Å². The Morgan fingerprint density at radius 2 is 1.74 bits per heavy atom. The highest BCUT2D eigenvalue weighted by Gasteiger charge is 2.45. The van der Waals surface area contributed by atoms with Gasteiger partial charge in [-0.05, 0) is 86.9 Å². The standard InChI is InChI=1S/C30H42ClN5O5S/c1-41-30(38)33-24-9-7-21(8-10-24)25-16-26(34-28(25)31)27-15-23(20-11-13-35(14-12-20)42(2,39)40)18-36(27)29(37)22-5-3-19(17-32)4-6-22/h7-10,19-20,22-23,27H,3-6,11-18,32H2,1-2H3,(H,33,38)/t19?,22?,23-,27-/m0/s1. The summed E-state index contributed by atoms with van der Waals surface area (Å²) in [7, 11) is -1.88. The number of benzene rings is 1. The van der Waals surface area contributed by atoms with Gasteiger partial charge in [0, 0.05) is 48.9 Å². The van der Waals surface area contributed by atoms with E-state index in [1.54, 1.807) is 16.4 Å². The summed E-state index contributed by atoms with van der Waals surface area (Å²) < 4.78 is 30.4. The van der Waals surface area contributed by atoms with E-state index in [4.69, 9.17) is 22.3 Å². The topological polar surface area (TPSA) is 134 Å². The number of likely N-dealkylation sites (tertiary alicyclic amines) is 1. The van der Waals surface area contributed by atoms with Gasteiger partial charge in [-0.1, -0.05) is 23.7 Å². The molecule has 230 valence electrons. The molecule has 2 atom stereocenters.